The number of aryl methyl sites for hydroxylation is 3. The molecule has 3 nitrogen and oxygen atoms in total. The molecule has 3 heteroatoms. The third-order valence-electron chi connectivity index (χ3n) is 4.46. The van der Waals surface area contributed by atoms with Gasteiger partial charge >= 0.3 is 0 Å². The molecular weight excluding hydrogens is 260 g/mol. The largest absolute Gasteiger partial charge is 0.341 e. The number of nitrogens with one attached hydrogen (secondary N) is 1. The van der Waals surface area contributed by atoms with E-state index in [1.807, 2.05) is 11.8 Å². The molecule has 1 atom stereocenters. The average Bonchev–Trinajstić information content (AvgIpc) is 2.46. The molecule has 2 rings (SSSR count). The minimum Gasteiger partial charge on any atom is -0.341 e. The Kier molecular flexibility index (Phi) is 5.40. The van der Waals surface area contributed by atoms with Crippen LogP contribution in [0.15, 0.2) is 12.1 Å². The molecule has 1 aromatic carbocycles. The number of amides is 1. The van der Waals surface area contributed by atoms with Gasteiger partial charge in [0.15, 0.2) is 0 Å². The van der Waals surface area contributed by atoms with E-state index in [-0.39, 0.29) is 11.9 Å². The summed E-state index contributed by atoms with van der Waals surface area (Å²) in [6.45, 7) is 11.0. The Morgan fingerprint density at radius 2 is 1.71 bits per heavy atom. The number of carbonyl (C=O) groups is 1. The van der Waals surface area contributed by atoms with Crippen LogP contribution in [0.2, 0.25) is 0 Å². The topological polar surface area (TPSA) is 32.3 Å². The number of likely N-dealkylation sites (tertiary alicyclic amines) is 1. The number of carbonyl (C=O) groups excluding carboxylic acids is 1. The van der Waals surface area contributed by atoms with Crippen LogP contribution in [0.5, 0.6) is 0 Å². The smallest absolute Gasteiger partial charge is 0.239 e. The van der Waals surface area contributed by atoms with E-state index in [1.165, 1.54) is 28.7 Å². The van der Waals surface area contributed by atoms with Crippen molar-refractivity contribution in [2.45, 2.75) is 59.5 Å². The molecule has 0 aliphatic carbocycles. The van der Waals surface area contributed by atoms with E-state index in [9.17, 15) is 4.79 Å². The second-order valence-electron chi connectivity index (χ2n) is 6.37. The summed E-state index contributed by atoms with van der Waals surface area (Å²) in [6, 6.07) is 4.31. The first-order valence-corrected chi connectivity index (χ1v) is 8.08. The summed E-state index contributed by atoms with van der Waals surface area (Å²) in [7, 11) is 0. The molecule has 1 fully saturated rings. The number of hydrogen-bond acceptors (Lipinski definition) is 2. The summed E-state index contributed by atoms with van der Waals surface area (Å²) >= 11 is 0. The fourth-order valence-corrected chi connectivity index (χ4v) is 3.22. The van der Waals surface area contributed by atoms with E-state index in [0.29, 0.717) is 0 Å². The van der Waals surface area contributed by atoms with Crippen LogP contribution < -0.4 is 5.32 Å². The lowest BCUT2D eigenvalue weighted by Crippen LogP contribution is -2.46. The van der Waals surface area contributed by atoms with E-state index in [0.717, 1.165) is 32.5 Å². The first-order chi connectivity index (χ1) is 9.99. The minimum atomic E-state index is -0.108. The summed E-state index contributed by atoms with van der Waals surface area (Å²) in [6.07, 6.45) is 3.55. The molecule has 1 heterocycles. The van der Waals surface area contributed by atoms with Crippen molar-refractivity contribution >= 4 is 5.91 Å². The second-order valence-corrected chi connectivity index (χ2v) is 6.37. The molecule has 21 heavy (non-hydrogen) atoms. The zero-order chi connectivity index (χ0) is 15.4. The second kappa shape index (κ2) is 7.08. The van der Waals surface area contributed by atoms with Gasteiger partial charge in [-0.25, -0.2) is 0 Å². The summed E-state index contributed by atoms with van der Waals surface area (Å²) in [5, 5.41) is 3.41. The quantitative estimate of drug-likeness (QED) is 0.923. The molecule has 116 valence electrons. The maximum absolute atomic E-state index is 12.4. The van der Waals surface area contributed by atoms with Crippen molar-refractivity contribution in [1.29, 1.82) is 0 Å². The van der Waals surface area contributed by atoms with E-state index in [4.69, 9.17) is 0 Å². The Morgan fingerprint density at radius 3 is 2.29 bits per heavy atom. The molecule has 1 aliphatic heterocycles. The average molecular weight is 288 g/mol. The van der Waals surface area contributed by atoms with Crippen LogP contribution in [0.25, 0.3) is 0 Å². The van der Waals surface area contributed by atoms with E-state index in [1.54, 1.807) is 0 Å². The van der Waals surface area contributed by atoms with Crippen molar-refractivity contribution in [3.63, 3.8) is 0 Å². The number of benzene rings is 1. The summed E-state index contributed by atoms with van der Waals surface area (Å²) in [5.74, 6) is 0.247. The number of rotatable bonds is 4. The lowest BCUT2D eigenvalue weighted by atomic mass is 9.99. The van der Waals surface area contributed by atoms with Gasteiger partial charge in [0.25, 0.3) is 0 Å². The Hall–Kier alpha value is -1.35. The summed E-state index contributed by atoms with van der Waals surface area (Å²) in [5.41, 5.74) is 5.22. The van der Waals surface area contributed by atoms with Gasteiger partial charge in [0.05, 0.1) is 6.04 Å². The Morgan fingerprint density at radius 1 is 1.14 bits per heavy atom. The lowest BCUT2D eigenvalue weighted by Gasteiger charge is -2.29. The van der Waals surface area contributed by atoms with Gasteiger partial charge < -0.3 is 10.2 Å². The van der Waals surface area contributed by atoms with Crippen molar-refractivity contribution in [1.82, 2.24) is 10.2 Å². The summed E-state index contributed by atoms with van der Waals surface area (Å²) < 4.78 is 0. The number of piperidine rings is 1. The van der Waals surface area contributed by atoms with Crippen LogP contribution in [0.1, 0.15) is 48.4 Å². The standard InChI is InChI=1S/C18H28N2O/c1-13-10-14(2)17(15(3)11-13)12-19-16(4)18(21)20-8-6-5-7-9-20/h10-11,16,19H,5-9,12H2,1-4H3. The van der Waals surface area contributed by atoms with E-state index in [2.05, 4.69) is 38.2 Å². The van der Waals surface area contributed by atoms with Gasteiger partial charge in [-0.3, -0.25) is 4.79 Å². The summed E-state index contributed by atoms with van der Waals surface area (Å²) in [4.78, 5) is 14.4. The van der Waals surface area contributed by atoms with Gasteiger partial charge in [-0.05, 0) is 63.6 Å². The fraction of sp³-hybridized carbons (Fsp3) is 0.611. The Balaban J connectivity index is 1.94. The van der Waals surface area contributed by atoms with E-state index < -0.39 is 0 Å². The third-order valence-corrected chi connectivity index (χ3v) is 4.46. The first-order valence-electron chi connectivity index (χ1n) is 8.08. The van der Waals surface area contributed by atoms with Crippen LogP contribution >= 0.6 is 0 Å². The van der Waals surface area contributed by atoms with Gasteiger partial charge in [0, 0.05) is 19.6 Å². The molecule has 1 amide bonds. The molecule has 0 aromatic heterocycles. The van der Waals surface area contributed by atoms with Crippen molar-refractivity contribution in [3.8, 4) is 0 Å². The normalized spacial score (nSPS) is 16.9. The molecule has 0 spiro atoms. The molecule has 0 saturated carbocycles. The van der Waals surface area contributed by atoms with Gasteiger partial charge in [0.2, 0.25) is 5.91 Å². The van der Waals surface area contributed by atoms with Crippen LogP contribution in [-0.4, -0.2) is 29.9 Å². The van der Waals surface area contributed by atoms with Gasteiger partial charge in [-0.15, -0.1) is 0 Å². The maximum Gasteiger partial charge on any atom is 0.239 e. The molecule has 1 aliphatic rings. The third kappa shape index (κ3) is 4.07. The van der Waals surface area contributed by atoms with Crippen molar-refractivity contribution in [2.24, 2.45) is 0 Å². The molecule has 0 radical (unpaired) electrons. The highest BCUT2D eigenvalue weighted by molar-refractivity contribution is 5.81. The molecule has 1 aromatic rings. The monoisotopic (exact) mass is 288 g/mol. The van der Waals surface area contributed by atoms with Gasteiger partial charge in [0.1, 0.15) is 0 Å². The SMILES string of the molecule is Cc1cc(C)c(CNC(C)C(=O)N2CCCCC2)c(C)c1. The zero-order valence-corrected chi connectivity index (χ0v) is 13.8. The highest BCUT2D eigenvalue weighted by atomic mass is 16.2. The minimum absolute atomic E-state index is 0.108. The highest BCUT2D eigenvalue weighted by Crippen LogP contribution is 2.16. The number of hydrogen-bond donors (Lipinski definition) is 1. The Labute approximate surface area is 128 Å². The van der Waals surface area contributed by atoms with Crippen LogP contribution in [-0.2, 0) is 11.3 Å². The van der Waals surface area contributed by atoms with Gasteiger partial charge in [-0.1, -0.05) is 17.7 Å². The van der Waals surface area contributed by atoms with Crippen LogP contribution in [0.3, 0.4) is 0 Å². The fourth-order valence-electron chi connectivity index (χ4n) is 3.22. The predicted molar refractivity (Wildman–Crippen MR) is 87.4 cm³/mol. The van der Waals surface area contributed by atoms with Crippen molar-refractivity contribution in [2.75, 3.05) is 13.1 Å². The van der Waals surface area contributed by atoms with Crippen molar-refractivity contribution in [3.05, 3.63) is 34.4 Å². The molecular formula is C18H28N2O. The Bertz CT molecular complexity index is 481. The molecule has 0 bridgehead atoms. The van der Waals surface area contributed by atoms with Gasteiger partial charge in [-0.2, -0.15) is 0 Å². The zero-order valence-electron chi connectivity index (χ0n) is 13.8. The molecule has 1 unspecified atom stereocenters. The van der Waals surface area contributed by atoms with Crippen LogP contribution in [0, 0.1) is 20.8 Å². The first kappa shape index (κ1) is 16.0. The lowest BCUT2D eigenvalue weighted by molar-refractivity contribution is -0.133. The van der Waals surface area contributed by atoms with E-state index >= 15 is 0 Å². The highest BCUT2D eigenvalue weighted by Gasteiger charge is 2.21. The molecule has 1 N–H and O–H groups in total. The van der Waals surface area contributed by atoms with Crippen LogP contribution in [0.4, 0.5) is 0 Å². The predicted octanol–water partition coefficient (Wildman–Crippen LogP) is 3.10. The maximum atomic E-state index is 12.4. The molecule has 1 saturated heterocycles. The van der Waals surface area contributed by atoms with Crippen molar-refractivity contribution < 1.29 is 4.79 Å². The number of nitrogens with zero attached hydrogens (tertiary/aromatic N) is 1.